The highest BCUT2D eigenvalue weighted by molar-refractivity contribution is 5.82. The number of amides is 1. The molecule has 2 aromatic heterocycles. The fraction of sp³-hybridized carbons (Fsp3) is 0.565. The van der Waals surface area contributed by atoms with Gasteiger partial charge < -0.3 is 19.9 Å². The number of carbonyl (C=O) groups excluding carboxylic acids is 1. The summed E-state index contributed by atoms with van der Waals surface area (Å²) in [6.45, 7) is 8.08. The maximum atomic E-state index is 12.3. The molecule has 0 spiro atoms. The fourth-order valence-electron chi connectivity index (χ4n) is 3.68. The van der Waals surface area contributed by atoms with Crippen molar-refractivity contribution in [1.82, 2.24) is 20.3 Å². The zero-order valence-corrected chi connectivity index (χ0v) is 19.0. The summed E-state index contributed by atoms with van der Waals surface area (Å²) in [5, 5.41) is 2.97. The van der Waals surface area contributed by atoms with Gasteiger partial charge in [-0.05, 0) is 52.9 Å². The minimum absolute atomic E-state index is 0.0555. The van der Waals surface area contributed by atoms with Crippen molar-refractivity contribution in [2.45, 2.75) is 58.4 Å². The third-order valence-electron chi connectivity index (χ3n) is 5.01. The first-order chi connectivity index (χ1) is 14.7. The molecule has 1 saturated heterocycles. The molecule has 1 aliphatic heterocycles. The van der Waals surface area contributed by atoms with Crippen molar-refractivity contribution in [3.05, 3.63) is 39.8 Å². The van der Waals surface area contributed by atoms with E-state index >= 15 is 0 Å². The predicted molar refractivity (Wildman–Crippen MR) is 121 cm³/mol. The van der Waals surface area contributed by atoms with Gasteiger partial charge in [-0.3, -0.25) is 9.59 Å². The first kappa shape index (κ1) is 22.9. The van der Waals surface area contributed by atoms with Gasteiger partial charge >= 0.3 is 0 Å². The van der Waals surface area contributed by atoms with E-state index in [1.165, 1.54) is 25.0 Å². The third-order valence-corrected chi connectivity index (χ3v) is 5.01. The van der Waals surface area contributed by atoms with Gasteiger partial charge in [-0.2, -0.15) is 0 Å². The summed E-state index contributed by atoms with van der Waals surface area (Å²) < 4.78 is 4.94. The number of fused-ring (bicyclic) bond motifs is 1. The topological polar surface area (TPSA) is 100 Å². The van der Waals surface area contributed by atoms with E-state index in [2.05, 4.69) is 20.3 Å². The first-order valence-corrected chi connectivity index (χ1v) is 10.9. The monoisotopic (exact) mass is 427 g/mol. The number of aromatic amines is 1. The summed E-state index contributed by atoms with van der Waals surface area (Å²) in [6.07, 6.45) is 6.96. The summed E-state index contributed by atoms with van der Waals surface area (Å²) in [5.74, 6) is 1.19. The van der Waals surface area contributed by atoms with E-state index in [0.29, 0.717) is 11.5 Å². The number of rotatable bonds is 4. The molecule has 0 atom stereocenters. The molecule has 2 aromatic rings. The van der Waals surface area contributed by atoms with E-state index in [4.69, 9.17) is 4.74 Å². The van der Waals surface area contributed by atoms with Gasteiger partial charge in [0, 0.05) is 55.4 Å². The van der Waals surface area contributed by atoms with Gasteiger partial charge in [0.15, 0.2) is 11.3 Å². The number of nitrogens with one attached hydrogen (secondary N) is 2. The molecule has 168 valence electrons. The number of pyridine rings is 1. The Kier molecular flexibility index (Phi) is 7.43. The summed E-state index contributed by atoms with van der Waals surface area (Å²) in [4.78, 5) is 38.2. The molecule has 8 heteroatoms. The van der Waals surface area contributed by atoms with Crippen LogP contribution < -0.4 is 15.6 Å². The summed E-state index contributed by atoms with van der Waals surface area (Å²) >= 11 is 0. The van der Waals surface area contributed by atoms with Crippen molar-refractivity contribution in [3.8, 4) is 11.5 Å². The summed E-state index contributed by atoms with van der Waals surface area (Å²) in [7, 11) is 1.86. The lowest BCUT2D eigenvalue weighted by Crippen LogP contribution is -2.45. The minimum atomic E-state index is -0.278. The van der Waals surface area contributed by atoms with E-state index in [1.807, 2.05) is 32.7 Å². The second-order valence-electron chi connectivity index (χ2n) is 9.06. The van der Waals surface area contributed by atoms with E-state index in [9.17, 15) is 9.59 Å². The average Bonchev–Trinajstić information content (AvgIpc) is 3.40. The Labute approximate surface area is 183 Å². The molecule has 3 heterocycles. The molecule has 0 radical (unpaired) electrons. The molecular formula is C23H33N5O3. The third kappa shape index (κ3) is 6.62. The van der Waals surface area contributed by atoms with E-state index < -0.39 is 0 Å². The van der Waals surface area contributed by atoms with E-state index in [0.717, 1.165) is 49.6 Å². The highest BCUT2D eigenvalue weighted by atomic mass is 16.5. The SMILES string of the molecule is C1CCOC1.CN(CC(=O)NC(C)(C)C)c1nc(-c2cc(=O)cc[nH]2)nc2c1CCC2. The van der Waals surface area contributed by atoms with Crippen molar-refractivity contribution < 1.29 is 9.53 Å². The van der Waals surface area contributed by atoms with Gasteiger partial charge in [-0.25, -0.2) is 9.97 Å². The Balaban J connectivity index is 0.000000478. The maximum Gasteiger partial charge on any atom is 0.239 e. The van der Waals surface area contributed by atoms with Crippen LogP contribution in [0.25, 0.3) is 11.5 Å². The Bertz CT molecular complexity index is 953. The van der Waals surface area contributed by atoms with Crippen LogP contribution in [0.3, 0.4) is 0 Å². The van der Waals surface area contributed by atoms with Crippen LogP contribution in [-0.4, -0.2) is 53.2 Å². The van der Waals surface area contributed by atoms with Crippen LogP contribution in [0.4, 0.5) is 5.82 Å². The van der Waals surface area contributed by atoms with Crippen molar-refractivity contribution in [2.75, 3.05) is 31.7 Å². The second kappa shape index (κ2) is 10.0. The van der Waals surface area contributed by atoms with Crippen LogP contribution in [-0.2, 0) is 22.4 Å². The predicted octanol–water partition coefficient (Wildman–Crippen LogP) is 2.47. The highest BCUT2D eigenvalue weighted by Crippen LogP contribution is 2.30. The summed E-state index contributed by atoms with van der Waals surface area (Å²) in [5.41, 5.74) is 2.31. The van der Waals surface area contributed by atoms with E-state index in [-0.39, 0.29) is 23.4 Å². The number of hydrogen-bond donors (Lipinski definition) is 2. The Hall–Kier alpha value is -2.74. The zero-order chi connectivity index (χ0) is 22.4. The number of H-pyrrole nitrogens is 1. The molecule has 1 fully saturated rings. The van der Waals surface area contributed by atoms with Crippen molar-refractivity contribution in [3.63, 3.8) is 0 Å². The van der Waals surface area contributed by atoms with Crippen LogP contribution in [0, 0.1) is 0 Å². The van der Waals surface area contributed by atoms with Gasteiger partial charge in [0.25, 0.3) is 0 Å². The lowest BCUT2D eigenvalue weighted by atomic mass is 10.1. The molecule has 1 aliphatic carbocycles. The molecule has 2 N–H and O–H groups in total. The van der Waals surface area contributed by atoms with Gasteiger partial charge in [-0.1, -0.05) is 0 Å². The molecule has 1 amide bonds. The number of aromatic nitrogens is 3. The largest absolute Gasteiger partial charge is 0.381 e. The first-order valence-electron chi connectivity index (χ1n) is 10.9. The van der Waals surface area contributed by atoms with Gasteiger partial charge in [0.05, 0.1) is 12.2 Å². The molecule has 2 aliphatic rings. The zero-order valence-electron chi connectivity index (χ0n) is 19.0. The molecule has 31 heavy (non-hydrogen) atoms. The standard InChI is InChI=1S/C19H25N5O2.C4H8O/c1-19(2,3)23-16(26)11-24(4)18-13-6-5-7-14(13)21-17(22-18)15-10-12(25)8-9-20-15;1-2-4-5-3-1/h8-10H,5-7,11H2,1-4H3,(H,20,25)(H,23,26);1-4H2. The average molecular weight is 428 g/mol. The number of likely N-dealkylation sites (N-methyl/N-ethyl adjacent to an activating group) is 1. The summed E-state index contributed by atoms with van der Waals surface area (Å²) in [6, 6.07) is 2.95. The van der Waals surface area contributed by atoms with Crippen molar-refractivity contribution >= 4 is 11.7 Å². The van der Waals surface area contributed by atoms with Crippen LogP contribution in [0.2, 0.25) is 0 Å². The number of hydrogen-bond acceptors (Lipinski definition) is 6. The van der Waals surface area contributed by atoms with Crippen LogP contribution in [0.1, 0.15) is 51.3 Å². The molecular weight excluding hydrogens is 394 g/mol. The smallest absolute Gasteiger partial charge is 0.239 e. The lowest BCUT2D eigenvalue weighted by molar-refractivity contribution is -0.121. The van der Waals surface area contributed by atoms with Crippen LogP contribution in [0.15, 0.2) is 23.1 Å². The molecule has 0 saturated carbocycles. The van der Waals surface area contributed by atoms with Crippen LogP contribution >= 0.6 is 0 Å². The highest BCUT2D eigenvalue weighted by Gasteiger charge is 2.24. The molecule has 0 aromatic carbocycles. The molecule has 0 unspecified atom stereocenters. The van der Waals surface area contributed by atoms with Gasteiger partial charge in [0.2, 0.25) is 5.91 Å². The van der Waals surface area contributed by atoms with E-state index in [1.54, 1.807) is 6.20 Å². The maximum absolute atomic E-state index is 12.3. The number of anilines is 1. The minimum Gasteiger partial charge on any atom is -0.381 e. The number of carbonyl (C=O) groups is 1. The number of ether oxygens (including phenoxy) is 1. The van der Waals surface area contributed by atoms with Crippen molar-refractivity contribution in [1.29, 1.82) is 0 Å². The van der Waals surface area contributed by atoms with Gasteiger partial charge in [0.1, 0.15) is 5.82 Å². The second-order valence-corrected chi connectivity index (χ2v) is 9.06. The Morgan fingerprint density at radius 2 is 1.94 bits per heavy atom. The fourth-order valence-corrected chi connectivity index (χ4v) is 3.68. The van der Waals surface area contributed by atoms with Crippen LogP contribution in [0.5, 0.6) is 0 Å². The van der Waals surface area contributed by atoms with Crippen molar-refractivity contribution in [2.24, 2.45) is 0 Å². The molecule has 8 nitrogen and oxygen atoms in total. The number of nitrogens with zero attached hydrogens (tertiary/aromatic N) is 3. The molecule has 0 bridgehead atoms. The Morgan fingerprint density at radius 1 is 1.19 bits per heavy atom. The quantitative estimate of drug-likeness (QED) is 0.778. The van der Waals surface area contributed by atoms with Gasteiger partial charge in [-0.15, -0.1) is 0 Å². The lowest BCUT2D eigenvalue weighted by Gasteiger charge is -2.25. The normalized spacial score (nSPS) is 15.1. The molecule has 4 rings (SSSR count). The number of aryl methyl sites for hydroxylation is 1. The Morgan fingerprint density at radius 3 is 2.55 bits per heavy atom.